The van der Waals surface area contributed by atoms with E-state index in [4.69, 9.17) is 9.47 Å². The lowest BCUT2D eigenvalue weighted by atomic mass is 10.1. The lowest BCUT2D eigenvalue weighted by Crippen LogP contribution is -2.42. The molecule has 0 aromatic heterocycles. The summed E-state index contributed by atoms with van der Waals surface area (Å²) in [4.78, 5) is 11.5. The molecule has 1 aliphatic carbocycles. The minimum Gasteiger partial charge on any atom is -0.468 e. The van der Waals surface area contributed by atoms with Crippen LogP contribution < -0.4 is 5.32 Å². The number of carbonyl (C=O) groups is 1. The molecule has 0 spiro atoms. The van der Waals surface area contributed by atoms with Crippen molar-refractivity contribution >= 4 is 5.97 Å². The van der Waals surface area contributed by atoms with E-state index in [9.17, 15) is 4.79 Å². The van der Waals surface area contributed by atoms with Gasteiger partial charge in [0, 0.05) is 0 Å². The number of nitrogens with one attached hydrogen (secondary N) is 1. The van der Waals surface area contributed by atoms with Crippen LogP contribution in [0.4, 0.5) is 0 Å². The van der Waals surface area contributed by atoms with E-state index in [1.54, 1.807) is 0 Å². The van der Waals surface area contributed by atoms with Crippen molar-refractivity contribution < 1.29 is 14.3 Å². The lowest BCUT2D eigenvalue weighted by molar-refractivity contribution is -0.145. The minimum absolute atomic E-state index is 0.236. The summed E-state index contributed by atoms with van der Waals surface area (Å²) in [5.41, 5.74) is 0. The van der Waals surface area contributed by atoms with Crippen LogP contribution in [0.1, 0.15) is 45.4 Å². The molecule has 17 heavy (non-hydrogen) atoms. The fourth-order valence-corrected chi connectivity index (χ4v) is 2.24. The molecule has 0 heterocycles. The van der Waals surface area contributed by atoms with Crippen molar-refractivity contribution in [3.8, 4) is 0 Å². The van der Waals surface area contributed by atoms with Crippen LogP contribution in [0, 0.1) is 0 Å². The van der Waals surface area contributed by atoms with E-state index >= 15 is 0 Å². The molecule has 1 N–H and O–H groups in total. The first-order valence-electron chi connectivity index (χ1n) is 6.70. The monoisotopic (exact) mass is 243 g/mol. The second kappa shape index (κ2) is 8.48. The Morgan fingerprint density at radius 1 is 1.29 bits per heavy atom. The molecule has 4 nitrogen and oxygen atoms in total. The van der Waals surface area contributed by atoms with Crippen LogP contribution in [-0.4, -0.2) is 38.4 Å². The van der Waals surface area contributed by atoms with E-state index in [0.717, 1.165) is 19.4 Å². The Balaban J connectivity index is 2.31. The van der Waals surface area contributed by atoms with Crippen molar-refractivity contribution in [2.24, 2.45) is 0 Å². The molecule has 0 saturated heterocycles. The van der Waals surface area contributed by atoms with E-state index in [0.29, 0.717) is 12.7 Å². The third-order valence-electron chi connectivity index (χ3n) is 3.24. The molecular formula is C13H25NO3. The number of ether oxygens (including phenoxy) is 2. The van der Waals surface area contributed by atoms with Crippen molar-refractivity contribution in [3.63, 3.8) is 0 Å². The van der Waals surface area contributed by atoms with E-state index in [2.05, 4.69) is 5.32 Å². The summed E-state index contributed by atoms with van der Waals surface area (Å²) in [5, 5.41) is 3.09. The van der Waals surface area contributed by atoms with Crippen molar-refractivity contribution in [1.82, 2.24) is 5.32 Å². The van der Waals surface area contributed by atoms with Crippen molar-refractivity contribution in [2.75, 3.05) is 20.3 Å². The molecule has 100 valence electrons. The van der Waals surface area contributed by atoms with Crippen molar-refractivity contribution in [1.29, 1.82) is 0 Å². The van der Waals surface area contributed by atoms with Crippen molar-refractivity contribution in [2.45, 2.75) is 57.6 Å². The van der Waals surface area contributed by atoms with Gasteiger partial charge in [-0.2, -0.15) is 0 Å². The molecule has 1 aliphatic rings. The largest absolute Gasteiger partial charge is 0.468 e. The molecular weight excluding hydrogens is 218 g/mol. The third-order valence-corrected chi connectivity index (χ3v) is 3.24. The summed E-state index contributed by atoms with van der Waals surface area (Å²) in [6.07, 6.45) is 7.69. The molecule has 0 aliphatic heterocycles. The van der Waals surface area contributed by atoms with E-state index in [-0.39, 0.29) is 12.0 Å². The van der Waals surface area contributed by atoms with Gasteiger partial charge in [0.15, 0.2) is 0 Å². The number of hydrogen-bond donors (Lipinski definition) is 1. The van der Waals surface area contributed by atoms with Gasteiger partial charge in [0.25, 0.3) is 0 Å². The number of esters is 1. The maximum atomic E-state index is 11.5. The smallest absolute Gasteiger partial charge is 0.325 e. The Kier molecular flexibility index (Phi) is 7.21. The topological polar surface area (TPSA) is 47.6 Å². The molecule has 0 amide bonds. The molecule has 0 radical (unpaired) electrons. The van der Waals surface area contributed by atoms with Gasteiger partial charge in [-0.25, -0.2) is 0 Å². The van der Waals surface area contributed by atoms with Gasteiger partial charge in [-0.3, -0.25) is 4.79 Å². The average molecular weight is 243 g/mol. The highest BCUT2D eigenvalue weighted by Crippen LogP contribution is 2.19. The second-order valence-electron chi connectivity index (χ2n) is 4.58. The minimum atomic E-state index is -0.326. The lowest BCUT2D eigenvalue weighted by Gasteiger charge is -2.20. The first kappa shape index (κ1) is 14.5. The zero-order chi connectivity index (χ0) is 12.5. The number of rotatable bonds is 6. The van der Waals surface area contributed by atoms with Crippen LogP contribution in [0.5, 0.6) is 0 Å². The highest BCUT2D eigenvalue weighted by molar-refractivity contribution is 5.75. The van der Waals surface area contributed by atoms with Crippen LogP contribution >= 0.6 is 0 Å². The maximum absolute atomic E-state index is 11.5. The predicted octanol–water partition coefficient (Wildman–Crippen LogP) is 1.88. The molecule has 1 saturated carbocycles. The van der Waals surface area contributed by atoms with Crippen LogP contribution in [0.2, 0.25) is 0 Å². The van der Waals surface area contributed by atoms with Gasteiger partial charge in [-0.1, -0.05) is 32.6 Å². The van der Waals surface area contributed by atoms with E-state index in [1.807, 2.05) is 6.92 Å². The van der Waals surface area contributed by atoms with E-state index < -0.39 is 0 Å². The number of hydrogen-bond acceptors (Lipinski definition) is 4. The Labute approximate surface area is 104 Å². The highest BCUT2D eigenvalue weighted by Gasteiger charge is 2.20. The summed E-state index contributed by atoms with van der Waals surface area (Å²) in [7, 11) is 1.42. The van der Waals surface area contributed by atoms with Crippen molar-refractivity contribution in [3.05, 3.63) is 0 Å². The summed E-state index contributed by atoms with van der Waals surface area (Å²) >= 11 is 0. The quantitative estimate of drug-likeness (QED) is 0.571. The van der Waals surface area contributed by atoms with Crippen LogP contribution in [0.3, 0.4) is 0 Å². The zero-order valence-corrected chi connectivity index (χ0v) is 11.0. The molecule has 1 atom stereocenters. The SMILES string of the molecule is CCNC(COC1CCCCCC1)C(=O)OC. The second-order valence-corrected chi connectivity index (χ2v) is 4.58. The average Bonchev–Trinajstić information content (AvgIpc) is 2.62. The Morgan fingerprint density at radius 2 is 1.94 bits per heavy atom. The van der Waals surface area contributed by atoms with Gasteiger partial charge in [-0.05, 0) is 19.4 Å². The third kappa shape index (κ3) is 5.50. The zero-order valence-electron chi connectivity index (χ0n) is 11.0. The Morgan fingerprint density at radius 3 is 2.47 bits per heavy atom. The predicted molar refractivity (Wildman–Crippen MR) is 66.9 cm³/mol. The highest BCUT2D eigenvalue weighted by atomic mass is 16.5. The standard InChI is InChI=1S/C13H25NO3/c1-3-14-12(13(15)16-2)10-17-11-8-6-4-5-7-9-11/h11-12,14H,3-10H2,1-2H3. The molecule has 0 bridgehead atoms. The molecule has 1 rings (SSSR count). The van der Waals surface area contributed by atoms with Crippen LogP contribution in [-0.2, 0) is 14.3 Å². The first-order chi connectivity index (χ1) is 8.27. The van der Waals surface area contributed by atoms with Gasteiger partial charge in [0.2, 0.25) is 0 Å². The van der Waals surface area contributed by atoms with E-state index in [1.165, 1.54) is 32.8 Å². The summed E-state index contributed by atoms with van der Waals surface area (Å²) in [6.45, 7) is 3.14. The number of methoxy groups -OCH3 is 1. The fraction of sp³-hybridized carbons (Fsp3) is 0.923. The van der Waals surface area contributed by atoms with Gasteiger partial charge >= 0.3 is 5.97 Å². The Hall–Kier alpha value is -0.610. The summed E-state index contributed by atoms with van der Waals surface area (Å²) in [6, 6.07) is -0.326. The van der Waals surface area contributed by atoms with Gasteiger partial charge in [0.05, 0.1) is 19.8 Å². The summed E-state index contributed by atoms with van der Waals surface area (Å²) in [5.74, 6) is -0.236. The number of carbonyl (C=O) groups excluding carboxylic acids is 1. The van der Waals surface area contributed by atoms with Crippen LogP contribution in [0.15, 0.2) is 0 Å². The molecule has 1 unspecified atom stereocenters. The molecule has 0 aromatic rings. The molecule has 0 aromatic carbocycles. The fourth-order valence-electron chi connectivity index (χ4n) is 2.24. The first-order valence-corrected chi connectivity index (χ1v) is 6.70. The van der Waals surface area contributed by atoms with Gasteiger partial charge in [-0.15, -0.1) is 0 Å². The van der Waals surface area contributed by atoms with Gasteiger partial charge in [0.1, 0.15) is 6.04 Å². The Bertz CT molecular complexity index is 213. The van der Waals surface area contributed by atoms with Crippen LogP contribution in [0.25, 0.3) is 0 Å². The van der Waals surface area contributed by atoms with Gasteiger partial charge < -0.3 is 14.8 Å². The normalized spacial score (nSPS) is 19.6. The molecule has 1 fully saturated rings. The number of likely N-dealkylation sites (N-methyl/N-ethyl adjacent to an activating group) is 1. The summed E-state index contributed by atoms with van der Waals surface area (Å²) < 4.78 is 10.6. The molecule has 4 heteroatoms. The maximum Gasteiger partial charge on any atom is 0.325 e.